The van der Waals surface area contributed by atoms with Crippen LogP contribution in [0.3, 0.4) is 0 Å². The quantitative estimate of drug-likeness (QED) is 0.426. The first kappa shape index (κ1) is 23.6. The van der Waals surface area contributed by atoms with Gasteiger partial charge in [0.2, 0.25) is 5.91 Å². The molecule has 0 N–H and O–H groups in total. The van der Waals surface area contributed by atoms with Crippen LogP contribution in [0, 0.1) is 6.92 Å². The maximum absolute atomic E-state index is 12.6. The summed E-state index contributed by atoms with van der Waals surface area (Å²) in [5.74, 6) is 0.312. The van der Waals surface area contributed by atoms with Crippen LogP contribution in [-0.2, 0) is 9.53 Å². The van der Waals surface area contributed by atoms with Gasteiger partial charge in [0.1, 0.15) is 12.9 Å². The number of halogens is 3. The molecule has 31 heavy (non-hydrogen) atoms. The predicted octanol–water partition coefficient (Wildman–Crippen LogP) is 2.78. The largest absolute Gasteiger partial charge is 0.411 e. The molecule has 0 unspecified atom stereocenters. The molecule has 0 spiro atoms. The molecule has 0 aliphatic carbocycles. The molecule has 1 aliphatic heterocycles. The van der Waals surface area contributed by atoms with Gasteiger partial charge in [0.15, 0.2) is 5.16 Å². The van der Waals surface area contributed by atoms with Crippen molar-refractivity contribution in [1.29, 1.82) is 0 Å². The first-order chi connectivity index (χ1) is 14.8. The number of piperazine rings is 1. The number of carbonyl (C=O) groups excluding carboxylic acids is 1. The van der Waals surface area contributed by atoms with Crippen molar-refractivity contribution in [2.45, 2.75) is 24.7 Å². The van der Waals surface area contributed by atoms with E-state index in [9.17, 15) is 18.0 Å². The second-order valence-electron chi connectivity index (χ2n) is 7.35. The van der Waals surface area contributed by atoms with Crippen molar-refractivity contribution >= 4 is 17.7 Å². The number of rotatable bonds is 9. The van der Waals surface area contributed by atoms with Gasteiger partial charge in [0.25, 0.3) is 0 Å². The van der Waals surface area contributed by atoms with Crippen LogP contribution in [0.25, 0.3) is 5.69 Å². The Hall–Kier alpha value is -2.11. The summed E-state index contributed by atoms with van der Waals surface area (Å²) in [6.45, 7) is 4.17. The molecule has 0 saturated carbocycles. The van der Waals surface area contributed by atoms with E-state index in [4.69, 9.17) is 0 Å². The van der Waals surface area contributed by atoms with E-state index in [0.29, 0.717) is 44.3 Å². The summed E-state index contributed by atoms with van der Waals surface area (Å²) in [4.78, 5) is 16.5. The van der Waals surface area contributed by atoms with Gasteiger partial charge in [-0.1, -0.05) is 29.5 Å². The molecular weight excluding hydrogens is 431 g/mol. The Morgan fingerprint density at radius 2 is 1.87 bits per heavy atom. The molecule has 7 nitrogen and oxygen atoms in total. The van der Waals surface area contributed by atoms with Crippen LogP contribution in [0.1, 0.15) is 12.0 Å². The number of aromatic nitrogens is 3. The Bertz CT molecular complexity index is 836. The zero-order chi connectivity index (χ0) is 22.3. The van der Waals surface area contributed by atoms with E-state index >= 15 is 0 Å². The summed E-state index contributed by atoms with van der Waals surface area (Å²) in [5.41, 5.74) is 2.10. The van der Waals surface area contributed by atoms with Gasteiger partial charge in [0.05, 0.1) is 5.75 Å². The molecule has 1 aliphatic rings. The number of thioether (sulfide) groups is 1. The standard InChI is InChI=1S/C20H26F3N5O2S/c1-16-3-5-17(6-4-16)28-15-24-25-19(28)31-13-18(29)27-10-8-26(9-11-27)7-2-12-30-14-20(21,22)23/h3-6,15H,2,7-14H2,1H3. The predicted molar refractivity (Wildman–Crippen MR) is 111 cm³/mol. The lowest BCUT2D eigenvalue weighted by atomic mass is 10.2. The molecule has 1 aromatic heterocycles. The number of carbonyl (C=O) groups is 1. The van der Waals surface area contributed by atoms with Crippen molar-refractivity contribution in [3.63, 3.8) is 0 Å². The second kappa shape index (κ2) is 11.0. The van der Waals surface area contributed by atoms with E-state index < -0.39 is 12.8 Å². The Morgan fingerprint density at radius 1 is 1.16 bits per heavy atom. The molecule has 1 fully saturated rings. The van der Waals surface area contributed by atoms with Gasteiger partial charge in [-0.2, -0.15) is 13.2 Å². The van der Waals surface area contributed by atoms with Gasteiger partial charge in [-0.3, -0.25) is 14.3 Å². The summed E-state index contributed by atoms with van der Waals surface area (Å²) >= 11 is 1.35. The highest BCUT2D eigenvalue weighted by atomic mass is 32.2. The van der Waals surface area contributed by atoms with Crippen molar-refractivity contribution < 1.29 is 22.7 Å². The Labute approximate surface area is 183 Å². The van der Waals surface area contributed by atoms with Crippen LogP contribution in [0.15, 0.2) is 35.7 Å². The number of hydrogen-bond donors (Lipinski definition) is 0. The maximum atomic E-state index is 12.6. The minimum atomic E-state index is -4.28. The normalized spacial score (nSPS) is 15.4. The van der Waals surface area contributed by atoms with Crippen molar-refractivity contribution in [2.75, 3.05) is 51.7 Å². The first-order valence-corrected chi connectivity index (χ1v) is 11.0. The number of benzene rings is 1. The number of ether oxygens (including phenoxy) is 1. The number of nitrogens with zero attached hydrogens (tertiary/aromatic N) is 5. The minimum Gasteiger partial charge on any atom is -0.372 e. The van der Waals surface area contributed by atoms with Gasteiger partial charge >= 0.3 is 6.18 Å². The molecule has 1 aromatic carbocycles. The van der Waals surface area contributed by atoms with Crippen LogP contribution in [-0.4, -0.2) is 88.3 Å². The molecule has 170 valence electrons. The van der Waals surface area contributed by atoms with E-state index in [0.717, 1.165) is 11.3 Å². The molecule has 0 bridgehead atoms. The second-order valence-corrected chi connectivity index (χ2v) is 8.29. The highest BCUT2D eigenvalue weighted by molar-refractivity contribution is 7.99. The third kappa shape index (κ3) is 7.51. The zero-order valence-corrected chi connectivity index (χ0v) is 18.2. The Balaban J connectivity index is 1.37. The van der Waals surface area contributed by atoms with Crippen molar-refractivity contribution in [2.24, 2.45) is 0 Å². The lowest BCUT2D eigenvalue weighted by Crippen LogP contribution is -2.49. The first-order valence-electron chi connectivity index (χ1n) is 10.1. The maximum Gasteiger partial charge on any atom is 0.411 e. The smallest absolute Gasteiger partial charge is 0.372 e. The van der Waals surface area contributed by atoms with Crippen LogP contribution in [0.4, 0.5) is 13.2 Å². The highest BCUT2D eigenvalue weighted by Crippen LogP contribution is 2.20. The van der Waals surface area contributed by atoms with Gasteiger partial charge in [-0.05, 0) is 25.5 Å². The van der Waals surface area contributed by atoms with E-state index in [1.54, 1.807) is 6.33 Å². The lowest BCUT2D eigenvalue weighted by Gasteiger charge is -2.34. The van der Waals surface area contributed by atoms with E-state index in [1.165, 1.54) is 11.8 Å². The number of hydrogen-bond acceptors (Lipinski definition) is 6. The molecule has 2 aromatic rings. The summed E-state index contributed by atoms with van der Waals surface area (Å²) in [6.07, 6.45) is -2.11. The number of amides is 1. The van der Waals surface area contributed by atoms with Crippen molar-refractivity contribution in [3.05, 3.63) is 36.2 Å². The fraction of sp³-hybridized carbons (Fsp3) is 0.550. The van der Waals surface area contributed by atoms with Crippen LogP contribution >= 0.6 is 11.8 Å². The van der Waals surface area contributed by atoms with Gasteiger partial charge in [-0.15, -0.1) is 10.2 Å². The van der Waals surface area contributed by atoms with Gasteiger partial charge in [0, 0.05) is 45.0 Å². The average Bonchev–Trinajstić information content (AvgIpc) is 3.20. The third-order valence-electron chi connectivity index (χ3n) is 4.91. The number of aryl methyl sites for hydroxylation is 1. The molecule has 0 radical (unpaired) electrons. The summed E-state index contributed by atoms with van der Waals surface area (Å²) < 4.78 is 42.6. The number of alkyl halides is 3. The zero-order valence-electron chi connectivity index (χ0n) is 17.3. The van der Waals surface area contributed by atoms with E-state index in [2.05, 4.69) is 19.8 Å². The van der Waals surface area contributed by atoms with Crippen LogP contribution < -0.4 is 0 Å². The molecule has 0 atom stereocenters. The third-order valence-corrected chi connectivity index (χ3v) is 5.83. The van der Waals surface area contributed by atoms with E-state index in [1.807, 2.05) is 40.7 Å². The monoisotopic (exact) mass is 457 g/mol. The molecule has 3 rings (SSSR count). The molecule has 1 saturated heterocycles. The minimum absolute atomic E-state index is 0.0385. The van der Waals surface area contributed by atoms with Gasteiger partial charge in [-0.25, -0.2) is 0 Å². The van der Waals surface area contributed by atoms with E-state index in [-0.39, 0.29) is 18.3 Å². The Morgan fingerprint density at radius 3 is 2.55 bits per heavy atom. The van der Waals surface area contributed by atoms with Gasteiger partial charge < -0.3 is 9.64 Å². The fourth-order valence-electron chi connectivity index (χ4n) is 3.22. The Kier molecular flexibility index (Phi) is 8.33. The summed E-state index contributed by atoms with van der Waals surface area (Å²) in [5, 5.41) is 8.75. The van der Waals surface area contributed by atoms with Crippen LogP contribution in [0.5, 0.6) is 0 Å². The molecule has 11 heteroatoms. The van der Waals surface area contributed by atoms with Crippen molar-refractivity contribution in [3.8, 4) is 5.69 Å². The van der Waals surface area contributed by atoms with Crippen LogP contribution in [0.2, 0.25) is 0 Å². The van der Waals surface area contributed by atoms with Crippen molar-refractivity contribution in [1.82, 2.24) is 24.6 Å². The highest BCUT2D eigenvalue weighted by Gasteiger charge is 2.27. The average molecular weight is 458 g/mol. The molecule has 2 heterocycles. The molecular formula is C20H26F3N5O2S. The SMILES string of the molecule is Cc1ccc(-n2cnnc2SCC(=O)N2CCN(CCCOCC(F)(F)F)CC2)cc1. The fourth-order valence-corrected chi connectivity index (χ4v) is 4.05. The topological polar surface area (TPSA) is 63.5 Å². The molecule has 1 amide bonds. The summed E-state index contributed by atoms with van der Waals surface area (Å²) in [7, 11) is 0. The summed E-state index contributed by atoms with van der Waals surface area (Å²) in [6, 6.07) is 7.99. The lowest BCUT2D eigenvalue weighted by molar-refractivity contribution is -0.174.